The Bertz CT molecular complexity index is 1170. The van der Waals surface area contributed by atoms with Crippen LogP contribution in [-0.4, -0.2) is 99.2 Å². The summed E-state index contributed by atoms with van der Waals surface area (Å²) in [5.74, 6) is -2.12. The van der Waals surface area contributed by atoms with Crippen molar-refractivity contribution < 1.29 is 52.1 Å². The highest BCUT2D eigenvalue weighted by Gasteiger charge is 2.30. The minimum atomic E-state index is -0.597. The molecule has 0 saturated carbocycles. The van der Waals surface area contributed by atoms with E-state index in [1.54, 1.807) is 0 Å². The van der Waals surface area contributed by atoms with E-state index in [0.717, 1.165) is 108 Å². The van der Waals surface area contributed by atoms with Crippen molar-refractivity contribution in [1.82, 2.24) is 5.32 Å². The van der Waals surface area contributed by atoms with Crippen LogP contribution in [0.5, 0.6) is 0 Å². The third kappa shape index (κ3) is 37.5. The number of likely N-dealkylation sites (N-methyl/N-ethyl adjacent to an activating group) is 1. The summed E-state index contributed by atoms with van der Waals surface area (Å²) in [4.78, 5) is 64.4. The highest BCUT2D eigenvalue weighted by atomic mass is 16.6. The first kappa shape index (κ1) is 64.1. The molecule has 1 aliphatic heterocycles. The summed E-state index contributed by atoms with van der Waals surface area (Å²) in [7, 11) is 0. The molecule has 0 aromatic carbocycles. The van der Waals surface area contributed by atoms with Gasteiger partial charge in [-0.3, -0.25) is 19.2 Å². The van der Waals surface area contributed by atoms with E-state index in [4.69, 9.17) is 23.7 Å². The maximum Gasteiger partial charge on any atom is 0.407 e. The number of hydrogen-bond donors (Lipinski definition) is 1. The van der Waals surface area contributed by atoms with Gasteiger partial charge in [0.2, 0.25) is 0 Å². The van der Waals surface area contributed by atoms with Crippen molar-refractivity contribution in [3.05, 3.63) is 0 Å². The number of ether oxygens (including phenoxy) is 5. The lowest BCUT2D eigenvalue weighted by Crippen LogP contribution is -2.49. The van der Waals surface area contributed by atoms with Crippen molar-refractivity contribution in [2.75, 3.05) is 52.5 Å². The lowest BCUT2D eigenvalue weighted by Gasteiger charge is -2.33. The van der Waals surface area contributed by atoms with Gasteiger partial charge in [0.15, 0.2) is 0 Å². The predicted octanol–water partition coefficient (Wildman–Crippen LogP) is 14.2. The van der Waals surface area contributed by atoms with Gasteiger partial charge in [-0.15, -0.1) is 0 Å². The normalized spacial score (nSPS) is 13.3. The van der Waals surface area contributed by atoms with Gasteiger partial charge in [0.1, 0.15) is 32.0 Å². The summed E-state index contributed by atoms with van der Waals surface area (Å²) in [5.41, 5.74) is 0. The standard InChI is InChI=1S/C57H106N2O10/c1-6-11-15-19-23-27-35-51(36-28-24-20-16-12-7-2)68-55(62)41-33-39-53(60)65-47-50(49-67-57(64)58-43-46-59(10-5)44-31-32-45-59)48-66-54(61)40-34-42-56(63)69-52(37-29-25-21-17-13-8-3)38-30-26-22-18-14-9-4/h50-52H,6-49H2,1-5H3/p+1. The van der Waals surface area contributed by atoms with Crippen molar-refractivity contribution in [1.29, 1.82) is 0 Å². The maximum atomic E-state index is 12.9. The fraction of sp³-hybridized carbons (Fsp3) is 0.912. The second kappa shape index (κ2) is 45.0. The van der Waals surface area contributed by atoms with Crippen LogP contribution in [0.25, 0.3) is 0 Å². The van der Waals surface area contributed by atoms with Crippen LogP contribution in [0.4, 0.5) is 4.79 Å². The average molecular weight is 980 g/mol. The van der Waals surface area contributed by atoms with Crippen LogP contribution in [0.2, 0.25) is 0 Å². The van der Waals surface area contributed by atoms with Crippen molar-refractivity contribution in [3.63, 3.8) is 0 Å². The Morgan fingerprint density at radius 2 is 0.754 bits per heavy atom. The molecule has 12 heteroatoms. The number of esters is 4. The number of carbonyl (C=O) groups excluding carboxylic acids is 5. The number of rotatable bonds is 48. The molecule has 1 N–H and O–H groups in total. The van der Waals surface area contributed by atoms with Gasteiger partial charge in [-0.2, -0.15) is 0 Å². The summed E-state index contributed by atoms with van der Waals surface area (Å²) in [6.45, 7) is 15.3. The monoisotopic (exact) mass is 980 g/mol. The molecular formula is C57H107N2O10+. The Kier molecular flexibility index (Phi) is 41.8. The molecule has 12 nitrogen and oxygen atoms in total. The molecule has 1 rings (SSSR count). The zero-order valence-corrected chi connectivity index (χ0v) is 45.4. The van der Waals surface area contributed by atoms with Crippen molar-refractivity contribution in [2.24, 2.45) is 5.92 Å². The third-order valence-electron chi connectivity index (χ3n) is 14.1. The molecule has 1 saturated heterocycles. The van der Waals surface area contributed by atoms with Crippen LogP contribution in [0, 0.1) is 5.92 Å². The number of alkyl carbamates (subject to hydrolysis) is 1. The fourth-order valence-electron chi connectivity index (χ4n) is 9.43. The van der Waals surface area contributed by atoms with Crippen LogP contribution in [0.3, 0.4) is 0 Å². The molecular weight excluding hydrogens is 873 g/mol. The zero-order valence-electron chi connectivity index (χ0n) is 45.4. The number of likely N-dealkylation sites (tertiary alicyclic amines) is 1. The van der Waals surface area contributed by atoms with Gasteiger partial charge in [0.05, 0.1) is 38.6 Å². The number of quaternary nitrogens is 1. The number of nitrogens with zero attached hydrogens (tertiary/aromatic N) is 1. The van der Waals surface area contributed by atoms with Gasteiger partial charge < -0.3 is 33.5 Å². The molecule has 0 atom stereocenters. The molecule has 0 spiro atoms. The second-order valence-corrected chi connectivity index (χ2v) is 20.4. The van der Waals surface area contributed by atoms with E-state index >= 15 is 0 Å². The number of hydrogen-bond acceptors (Lipinski definition) is 10. The Morgan fingerprint density at radius 3 is 1.12 bits per heavy atom. The van der Waals surface area contributed by atoms with Gasteiger partial charge in [-0.25, -0.2) is 4.79 Å². The van der Waals surface area contributed by atoms with E-state index in [0.29, 0.717) is 19.4 Å². The smallest absolute Gasteiger partial charge is 0.407 e. The Morgan fingerprint density at radius 1 is 0.420 bits per heavy atom. The first-order valence-electron chi connectivity index (χ1n) is 29.1. The Balaban J connectivity index is 2.68. The first-order chi connectivity index (χ1) is 33.6. The highest BCUT2D eigenvalue weighted by Crippen LogP contribution is 2.21. The highest BCUT2D eigenvalue weighted by molar-refractivity contribution is 5.73. The summed E-state index contributed by atoms with van der Waals surface area (Å²) in [6.07, 6.45) is 34.7. The van der Waals surface area contributed by atoms with Gasteiger partial charge in [0, 0.05) is 38.5 Å². The lowest BCUT2D eigenvalue weighted by molar-refractivity contribution is -0.913. The van der Waals surface area contributed by atoms with Crippen LogP contribution >= 0.6 is 0 Å². The minimum Gasteiger partial charge on any atom is -0.465 e. The van der Waals surface area contributed by atoms with Gasteiger partial charge in [-0.1, -0.05) is 156 Å². The fourth-order valence-corrected chi connectivity index (χ4v) is 9.43. The predicted molar refractivity (Wildman–Crippen MR) is 279 cm³/mol. The van der Waals surface area contributed by atoms with Gasteiger partial charge in [-0.05, 0) is 71.1 Å². The molecule has 1 fully saturated rings. The Hall–Kier alpha value is -2.89. The number of unbranched alkanes of at least 4 members (excludes halogenated alkanes) is 20. The summed E-state index contributed by atoms with van der Waals surface area (Å²) >= 11 is 0. The van der Waals surface area contributed by atoms with Crippen molar-refractivity contribution >= 4 is 30.0 Å². The number of amides is 1. The van der Waals surface area contributed by atoms with Crippen LogP contribution < -0.4 is 5.32 Å². The van der Waals surface area contributed by atoms with Crippen LogP contribution in [0.15, 0.2) is 0 Å². The molecule has 1 amide bonds. The Labute approximate surface area is 422 Å². The van der Waals surface area contributed by atoms with E-state index in [1.165, 1.54) is 116 Å². The molecule has 0 aromatic rings. The minimum absolute atomic E-state index is 0.0365. The summed E-state index contributed by atoms with van der Waals surface area (Å²) in [6, 6.07) is 0. The molecule has 1 aliphatic rings. The number of carbonyl (C=O) groups is 5. The third-order valence-corrected chi connectivity index (χ3v) is 14.1. The van der Waals surface area contributed by atoms with Gasteiger partial charge in [0.25, 0.3) is 0 Å². The molecule has 0 aliphatic carbocycles. The van der Waals surface area contributed by atoms with Crippen LogP contribution in [0.1, 0.15) is 266 Å². The molecule has 404 valence electrons. The number of nitrogens with one attached hydrogen (secondary N) is 1. The first-order valence-corrected chi connectivity index (χ1v) is 29.1. The topological polar surface area (TPSA) is 144 Å². The van der Waals surface area contributed by atoms with E-state index in [1.807, 2.05) is 0 Å². The molecule has 0 bridgehead atoms. The molecule has 0 unspecified atom stereocenters. The van der Waals surface area contributed by atoms with E-state index < -0.39 is 23.9 Å². The maximum absolute atomic E-state index is 12.9. The molecule has 0 aromatic heterocycles. The zero-order chi connectivity index (χ0) is 50.5. The van der Waals surface area contributed by atoms with Crippen molar-refractivity contribution in [3.8, 4) is 0 Å². The lowest BCUT2D eigenvalue weighted by atomic mass is 10.0. The van der Waals surface area contributed by atoms with Crippen LogP contribution in [-0.2, 0) is 42.9 Å². The molecule has 0 radical (unpaired) electrons. The quantitative estimate of drug-likeness (QED) is 0.0271. The van der Waals surface area contributed by atoms with E-state index in [2.05, 4.69) is 39.9 Å². The largest absolute Gasteiger partial charge is 0.465 e. The van der Waals surface area contributed by atoms with E-state index in [-0.39, 0.29) is 69.7 Å². The van der Waals surface area contributed by atoms with E-state index in [9.17, 15) is 24.0 Å². The summed E-state index contributed by atoms with van der Waals surface area (Å²) in [5, 5.41) is 2.86. The SMILES string of the molecule is CCCCCCCCC(CCCCCCCC)OC(=O)CCCC(=O)OCC(COC(=O)CCCC(=O)OC(CCCCCCCC)CCCCCCCC)COC(=O)NCC[N+]1(CC)CCCC1. The second-order valence-electron chi connectivity index (χ2n) is 20.4. The molecule has 69 heavy (non-hydrogen) atoms. The summed E-state index contributed by atoms with van der Waals surface area (Å²) < 4.78 is 29.6. The average Bonchev–Trinajstić information content (AvgIpc) is 3.82. The van der Waals surface area contributed by atoms with Gasteiger partial charge >= 0.3 is 30.0 Å². The molecule has 1 heterocycles. The van der Waals surface area contributed by atoms with Crippen molar-refractivity contribution in [2.45, 2.75) is 278 Å².